The van der Waals surface area contributed by atoms with Crippen molar-refractivity contribution in [2.45, 2.75) is 13.0 Å². The van der Waals surface area contributed by atoms with E-state index in [2.05, 4.69) is 5.32 Å². The molecule has 0 aliphatic carbocycles. The minimum atomic E-state index is -0.451. The molecule has 0 unspecified atom stereocenters. The van der Waals surface area contributed by atoms with Gasteiger partial charge in [0.25, 0.3) is 0 Å². The zero-order chi connectivity index (χ0) is 10.6. The van der Waals surface area contributed by atoms with Gasteiger partial charge in [0.1, 0.15) is 5.82 Å². The highest BCUT2D eigenvalue weighted by atomic mass is 19.1. The SMILES string of the molecule is C[C@@H](NCC(N)=O)c1ccccc1F. The predicted octanol–water partition coefficient (Wildman–Crippen LogP) is 0.962. The molecule has 1 aromatic carbocycles. The van der Waals surface area contributed by atoms with Gasteiger partial charge in [-0.15, -0.1) is 0 Å². The van der Waals surface area contributed by atoms with Gasteiger partial charge in [0.05, 0.1) is 6.54 Å². The van der Waals surface area contributed by atoms with Crippen LogP contribution in [-0.2, 0) is 4.79 Å². The van der Waals surface area contributed by atoms with Crippen LogP contribution in [0.4, 0.5) is 4.39 Å². The number of nitrogens with two attached hydrogens (primary N) is 1. The van der Waals surface area contributed by atoms with E-state index in [-0.39, 0.29) is 18.4 Å². The van der Waals surface area contributed by atoms with E-state index in [0.717, 1.165) is 0 Å². The lowest BCUT2D eigenvalue weighted by Crippen LogP contribution is -2.30. The van der Waals surface area contributed by atoms with Crippen molar-refractivity contribution in [2.75, 3.05) is 6.54 Å². The first-order valence-corrected chi connectivity index (χ1v) is 4.37. The number of carbonyl (C=O) groups is 1. The van der Waals surface area contributed by atoms with Crippen LogP contribution in [0.2, 0.25) is 0 Å². The van der Waals surface area contributed by atoms with Crippen LogP contribution in [0, 0.1) is 5.82 Å². The zero-order valence-electron chi connectivity index (χ0n) is 7.96. The first kappa shape index (κ1) is 10.7. The summed E-state index contributed by atoms with van der Waals surface area (Å²) in [6.07, 6.45) is 0. The number of carbonyl (C=O) groups excluding carboxylic acids is 1. The van der Waals surface area contributed by atoms with Crippen LogP contribution in [0.25, 0.3) is 0 Å². The Morgan fingerprint density at radius 2 is 2.21 bits per heavy atom. The Kier molecular flexibility index (Phi) is 3.59. The van der Waals surface area contributed by atoms with Crippen LogP contribution in [0.15, 0.2) is 24.3 Å². The van der Waals surface area contributed by atoms with Crippen molar-refractivity contribution in [1.82, 2.24) is 5.32 Å². The molecule has 0 fully saturated rings. The molecule has 0 aromatic heterocycles. The zero-order valence-corrected chi connectivity index (χ0v) is 7.96. The third kappa shape index (κ3) is 2.81. The van der Waals surface area contributed by atoms with Crippen molar-refractivity contribution in [3.05, 3.63) is 35.6 Å². The average molecular weight is 196 g/mol. The fourth-order valence-electron chi connectivity index (χ4n) is 1.19. The van der Waals surface area contributed by atoms with Gasteiger partial charge in [-0.3, -0.25) is 4.79 Å². The van der Waals surface area contributed by atoms with Gasteiger partial charge in [0, 0.05) is 11.6 Å². The molecule has 3 N–H and O–H groups in total. The van der Waals surface area contributed by atoms with Crippen LogP contribution < -0.4 is 11.1 Å². The minimum Gasteiger partial charge on any atom is -0.369 e. The number of rotatable bonds is 4. The molecule has 0 radical (unpaired) electrons. The van der Waals surface area contributed by atoms with Gasteiger partial charge < -0.3 is 11.1 Å². The minimum absolute atomic E-state index is 0.0511. The summed E-state index contributed by atoms with van der Waals surface area (Å²) in [5.74, 6) is -0.731. The molecule has 0 aliphatic heterocycles. The van der Waals surface area contributed by atoms with Crippen LogP contribution in [-0.4, -0.2) is 12.5 Å². The Hall–Kier alpha value is -1.42. The molecule has 1 aromatic rings. The topological polar surface area (TPSA) is 55.1 Å². The lowest BCUT2D eigenvalue weighted by atomic mass is 10.1. The van der Waals surface area contributed by atoms with Gasteiger partial charge in [0.2, 0.25) is 5.91 Å². The summed E-state index contributed by atoms with van der Waals surface area (Å²) in [6.45, 7) is 1.83. The second kappa shape index (κ2) is 4.72. The van der Waals surface area contributed by atoms with Gasteiger partial charge in [-0.1, -0.05) is 18.2 Å². The molecule has 4 heteroatoms. The highest BCUT2D eigenvalue weighted by Gasteiger charge is 2.09. The molecule has 0 saturated carbocycles. The summed E-state index contributed by atoms with van der Waals surface area (Å²) >= 11 is 0. The molecule has 14 heavy (non-hydrogen) atoms. The van der Waals surface area contributed by atoms with Gasteiger partial charge in [0.15, 0.2) is 0 Å². The van der Waals surface area contributed by atoms with E-state index in [4.69, 9.17) is 5.73 Å². The summed E-state index contributed by atoms with van der Waals surface area (Å²) < 4.78 is 13.2. The van der Waals surface area contributed by atoms with Gasteiger partial charge in [-0.05, 0) is 13.0 Å². The molecule has 3 nitrogen and oxygen atoms in total. The number of hydrogen-bond donors (Lipinski definition) is 2. The summed E-state index contributed by atoms with van der Waals surface area (Å²) in [4.78, 5) is 10.5. The first-order valence-electron chi connectivity index (χ1n) is 4.37. The van der Waals surface area contributed by atoms with Crippen molar-refractivity contribution in [3.63, 3.8) is 0 Å². The van der Waals surface area contributed by atoms with Crippen molar-refractivity contribution in [1.29, 1.82) is 0 Å². The normalized spacial score (nSPS) is 12.4. The second-order valence-electron chi connectivity index (χ2n) is 3.09. The quantitative estimate of drug-likeness (QED) is 0.753. The molecule has 1 atom stereocenters. The van der Waals surface area contributed by atoms with Gasteiger partial charge >= 0.3 is 0 Å². The molecular formula is C10H13FN2O. The molecule has 0 saturated heterocycles. The third-order valence-electron chi connectivity index (χ3n) is 1.95. The summed E-state index contributed by atoms with van der Waals surface area (Å²) in [5, 5.41) is 2.82. The van der Waals surface area contributed by atoms with Crippen molar-refractivity contribution < 1.29 is 9.18 Å². The molecular weight excluding hydrogens is 183 g/mol. The molecule has 76 valence electrons. The van der Waals surface area contributed by atoms with Crippen LogP contribution in [0.3, 0.4) is 0 Å². The van der Waals surface area contributed by atoms with E-state index >= 15 is 0 Å². The van der Waals surface area contributed by atoms with Crippen molar-refractivity contribution >= 4 is 5.91 Å². The Balaban J connectivity index is 2.65. The standard InChI is InChI=1S/C10H13FN2O/c1-7(13-6-10(12)14)8-4-2-3-5-9(8)11/h2-5,7,13H,6H2,1H3,(H2,12,14)/t7-/m1/s1. The Morgan fingerprint density at radius 1 is 1.57 bits per heavy atom. The van der Waals surface area contributed by atoms with E-state index in [1.54, 1.807) is 25.1 Å². The third-order valence-corrected chi connectivity index (χ3v) is 1.95. The van der Waals surface area contributed by atoms with Crippen LogP contribution in [0.5, 0.6) is 0 Å². The summed E-state index contributed by atoms with van der Waals surface area (Å²) in [6, 6.07) is 6.22. The van der Waals surface area contributed by atoms with Gasteiger partial charge in [-0.25, -0.2) is 4.39 Å². The number of primary amides is 1. The van der Waals surface area contributed by atoms with Crippen LogP contribution >= 0.6 is 0 Å². The van der Waals surface area contributed by atoms with E-state index in [0.29, 0.717) is 5.56 Å². The van der Waals surface area contributed by atoms with E-state index < -0.39 is 5.91 Å². The number of nitrogens with one attached hydrogen (secondary N) is 1. The molecule has 0 heterocycles. The number of hydrogen-bond acceptors (Lipinski definition) is 2. The predicted molar refractivity (Wildman–Crippen MR) is 52.0 cm³/mol. The summed E-state index contributed by atoms with van der Waals surface area (Å²) in [5.41, 5.74) is 5.50. The lowest BCUT2D eigenvalue weighted by molar-refractivity contribution is -0.117. The fourth-order valence-corrected chi connectivity index (χ4v) is 1.19. The smallest absolute Gasteiger partial charge is 0.231 e. The number of amides is 1. The highest BCUT2D eigenvalue weighted by Crippen LogP contribution is 2.15. The Labute approximate surface area is 82.1 Å². The molecule has 1 amide bonds. The van der Waals surface area contributed by atoms with E-state index in [9.17, 15) is 9.18 Å². The Bertz CT molecular complexity index is 328. The van der Waals surface area contributed by atoms with E-state index in [1.165, 1.54) is 6.07 Å². The number of benzene rings is 1. The van der Waals surface area contributed by atoms with Crippen LogP contribution in [0.1, 0.15) is 18.5 Å². The maximum absolute atomic E-state index is 13.2. The fraction of sp³-hybridized carbons (Fsp3) is 0.300. The maximum atomic E-state index is 13.2. The average Bonchev–Trinajstić information content (AvgIpc) is 2.15. The molecule has 0 bridgehead atoms. The molecule has 1 rings (SSSR count). The van der Waals surface area contributed by atoms with Crippen molar-refractivity contribution in [3.8, 4) is 0 Å². The Morgan fingerprint density at radius 3 is 2.79 bits per heavy atom. The number of halogens is 1. The van der Waals surface area contributed by atoms with Gasteiger partial charge in [-0.2, -0.15) is 0 Å². The largest absolute Gasteiger partial charge is 0.369 e. The van der Waals surface area contributed by atoms with E-state index in [1.807, 2.05) is 0 Å². The van der Waals surface area contributed by atoms with Crippen molar-refractivity contribution in [2.24, 2.45) is 5.73 Å². The highest BCUT2D eigenvalue weighted by molar-refractivity contribution is 5.75. The molecule has 0 spiro atoms. The maximum Gasteiger partial charge on any atom is 0.231 e. The first-order chi connectivity index (χ1) is 6.61. The molecule has 0 aliphatic rings. The summed E-state index contributed by atoms with van der Waals surface area (Å²) in [7, 11) is 0. The lowest BCUT2D eigenvalue weighted by Gasteiger charge is -2.13. The monoisotopic (exact) mass is 196 g/mol. The second-order valence-corrected chi connectivity index (χ2v) is 3.09.